The van der Waals surface area contributed by atoms with Gasteiger partial charge >= 0.3 is 5.63 Å². The zero-order valence-corrected chi connectivity index (χ0v) is 13.0. The maximum Gasteiger partial charge on any atom is 0.339 e. The lowest BCUT2D eigenvalue weighted by atomic mass is 9.89. The molecule has 0 amide bonds. The number of aromatic hydroxyl groups is 1. The minimum Gasteiger partial charge on any atom is -0.507 e. The van der Waals surface area contributed by atoms with Gasteiger partial charge in [0.1, 0.15) is 11.3 Å². The highest BCUT2D eigenvalue weighted by Gasteiger charge is 2.24. The third kappa shape index (κ3) is 2.22. The Labute approximate surface area is 138 Å². The summed E-state index contributed by atoms with van der Waals surface area (Å²) in [5.41, 5.74) is 1.96. The first-order valence-electron chi connectivity index (χ1n) is 8.07. The third-order valence-electron chi connectivity index (χ3n) is 4.63. The van der Waals surface area contributed by atoms with Crippen LogP contribution in [-0.2, 0) is 12.8 Å². The van der Waals surface area contributed by atoms with Gasteiger partial charge in [0.2, 0.25) is 5.78 Å². The first-order valence-corrected chi connectivity index (χ1v) is 8.07. The smallest absolute Gasteiger partial charge is 0.339 e. The van der Waals surface area contributed by atoms with Crippen molar-refractivity contribution in [3.05, 3.63) is 75.1 Å². The number of carbonyl (C=O) groups is 1. The van der Waals surface area contributed by atoms with E-state index in [1.165, 1.54) is 6.07 Å². The molecule has 4 rings (SSSR count). The predicted octanol–water partition coefficient (Wildman–Crippen LogP) is 3.61. The number of ketones is 1. The second kappa shape index (κ2) is 5.64. The summed E-state index contributed by atoms with van der Waals surface area (Å²) in [6.07, 6.45) is 3.48. The van der Waals surface area contributed by atoms with E-state index in [0.29, 0.717) is 17.5 Å². The van der Waals surface area contributed by atoms with Gasteiger partial charge in [-0.3, -0.25) is 4.79 Å². The molecule has 0 atom stereocenters. The molecule has 0 fully saturated rings. The first-order chi connectivity index (χ1) is 11.7. The number of rotatable bonds is 2. The number of hydrogen-bond donors (Lipinski definition) is 1. The fourth-order valence-corrected chi connectivity index (χ4v) is 3.45. The van der Waals surface area contributed by atoms with Crippen molar-refractivity contribution in [2.75, 3.05) is 0 Å². The summed E-state index contributed by atoms with van der Waals surface area (Å²) in [6, 6.07) is 11.9. The maximum atomic E-state index is 12.8. The number of aryl methyl sites for hydroxylation is 1. The molecule has 2 aromatic carbocycles. The Hall–Kier alpha value is -2.88. The number of phenols is 1. The van der Waals surface area contributed by atoms with Gasteiger partial charge in [-0.1, -0.05) is 30.3 Å². The van der Waals surface area contributed by atoms with Crippen molar-refractivity contribution in [2.24, 2.45) is 0 Å². The Morgan fingerprint density at radius 2 is 1.67 bits per heavy atom. The Balaban J connectivity index is 2.02. The molecule has 24 heavy (non-hydrogen) atoms. The Morgan fingerprint density at radius 1 is 0.958 bits per heavy atom. The van der Waals surface area contributed by atoms with Crippen molar-refractivity contribution >= 4 is 16.8 Å². The van der Waals surface area contributed by atoms with Crippen molar-refractivity contribution in [2.45, 2.75) is 25.7 Å². The molecule has 4 heteroatoms. The maximum absolute atomic E-state index is 12.8. The monoisotopic (exact) mass is 320 g/mol. The summed E-state index contributed by atoms with van der Waals surface area (Å²) in [7, 11) is 0. The van der Waals surface area contributed by atoms with Crippen molar-refractivity contribution in [1.82, 2.24) is 0 Å². The average molecular weight is 320 g/mol. The van der Waals surface area contributed by atoms with E-state index in [1.54, 1.807) is 30.3 Å². The van der Waals surface area contributed by atoms with Crippen LogP contribution in [0, 0.1) is 0 Å². The van der Waals surface area contributed by atoms with Gasteiger partial charge in [0.25, 0.3) is 0 Å². The van der Waals surface area contributed by atoms with Crippen molar-refractivity contribution in [3.8, 4) is 5.75 Å². The van der Waals surface area contributed by atoms with E-state index in [4.69, 9.17) is 4.42 Å². The molecule has 0 spiro atoms. The van der Waals surface area contributed by atoms with Crippen LogP contribution in [0.15, 0.2) is 51.7 Å². The van der Waals surface area contributed by atoms with Crippen LogP contribution in [0.4, 0.5) is 0 Å². The predicted molar refractivity (Wildman–Crippen MR) is 90.7 cm³/mol. The molecule has 0 bridgehead atoms. The second-order valence-corrected chi connectivity index (χ2v) is 6.09. The van der Waals surface area contributed by atoms with Crippen LogP contribution in [0.25, 0.3) is 11.0 Å². The number of carbonyl (C=O) groups excluding carboxylic acids is 1. The van der Waals surface area contributed by atoms with E-state index < -0.39 is 5.63 Å². The highest BCUT2D eigenvalue weighted by Crippen LogP contribution is 2.33. The molecule has 0 saturated carbocycles. The van der Waals surface area contributed by atoms with Gasteiger partial charge in [0.15, 0.2) is 5.58 Å². The molecule has 1 aromatic heterocycles. The molecule has 1 aliphatic rings. The Bertz CT molecular complexity index is 1000. The summed E-state index contributed by atoms with van der Waals surface area (Å²) in [5, 5.41) is 11.0. The van der Waals surface area contributed by atoms with Gasteiger partial charge in [-0.15, -0.1) is 0 Å². The van der Waals surface area contributed by atoms with Crippen LogP contribution in [0.5, 0.6) is 5.75 Å². The molecule has 0 unspecified atom stereocenters. The number of benzene rings is 2. The quantitative estimate of drug-likeness (QED) is 0.578. The van der Waals surface area contributed by atoms with Gasteiger partial charge in [0, 0.05) is 16.5 Å². The lowest BCUT2D eigenvalue weighted by molar-refractivity contribution is 0.103. The summed E-state index contributed by atoms with van der Waals surface area (Å²) >= 11 is 0. The van der Waals surface area contributed by atoms with E-state index in [2.05, 4.69) is 0 Å². The molecule has 120 valence electrons. The Morgan fingerprint density at radius 3 is 2.42 bits per heavy atom. The second-order valence-electron chi connectivity index (χ2n) is 6.09. The van der Waals surface area contributed by atoms with Crippen molar-refractivity contribution in [3.63, 3.8) is 0 Å². The van der Waals surface area contributed by atoms with E-state index in [9.17, 15) is 14.7 Å². The van der Waals surface area contributed by atoms with Crippen molar-refractivity contribution in [1.29, 1.82) is 0 Å². The molecule has 1 heterocycles. The molecule has 0 saturated heterocycles. The van der Waals surface area contributed by atoms with E-state index >= 15 is 0 Å². The van der Waals surface area contributed by atoms with E-state index in [-0.39, 0.29) is 22.7 Å². The summed E-state index contributed by atoms with van der Waals surface area (Å²) in [4.78, 5) is 25.2. The van der Waals surface area contributed by atoms with Gasteiger partial charge in [-0.2, -0.15) is 0 Å². The van der Waals surface area contributed by atoms with Gasteiger partial charge in [-0.25, -0.2) is 4.79 Å². The van der Waals surface area contributed by atoms with Crippen LogP contribution in [-0.4, -0.2) is 10.9 Å². The first kappa shape index (κ1) is 14.7. The number of fused-ring (bicyclic) bond motifs is 3. The fourth-order valence-electron chi connectivity index (χ4n) is 3.45. The normalized spacial score (nSPS) is 13.7. The minimum absolute atomic E-state index is 0.0594. The molecular formula is C20H16O4. The highest BCUT2D eigenvalue weighted by atomic mass is 16.4. The van der Waals surface area contributed by atoms with Gasteiger partial charge in [-0.05, 0) is 43.4 Å². The molecule has 0 aliphatic heterocycles. The number of hydrogen-bond acceptors (Lipinski definition) is 4. The van der Waals surface area contributed by atoms with Crippen molar-refractivity contribution < 1.29 is 14.3 Å². The molecule has 1 N–H and O–H groups in total. The van der Waals surface area contributed by atoms with Gasteiger partial charge in [0.05, 0.1) is 0 Å². The zero-order valence-electron chi connectivity index (χ0n) is 13.0. The van der Waals surface area contributed by atoms with Crippen LogP contribution in [0.1, 0.15) is 39.9 Å². The van der Waals surface area contributed by atoms with Crippen LogP contribution < -0.4 is 5.63 Å². The zero-order chi connectivity index (χ0) is 16.7. The fraction of sp³-hybridized carbons (Fsp3) is 0.200. The topological polar surface area (TPSA) is 67.5 Å². The summed E-state index contributed by atoms with van der Waals surface area (Å²) in [5.74, 6) is -0.520. The molecule has 0 radical (unpaired) electrons. The van der Waals surface area contributed by atoms with Crippen LogP contribution in [0.3, 0.4) is 0 Å². The molecule has 3 aromatic rings. The third-order valence-corrected chi connectivity index (χ3v) is 4.63. The lowest BCUT2D eigenvalue weighted by Gasteiger charge is -2.17. The minimum atomic E-state index is -0.398. The molecular weight excluding hydrogens is 304 g/mol. The summed E-state index contributed by atoms with van der Waals surface area (Å²) in [6.45, 7) is 0. The Kier molecular flexibility index (Phi) is 3.45. The lowest BCUT2D eigenvalue weighted by Crippen LogP contribution is -2.17. The highest BCUT2D eigenvalue weighted by molar-refractivity contribution is 6.17. The molecule has 1 aliphatic carbocycles. The van der Waals surface area contributed by atoms with Crippen LogP contribution in [0.2, 0.25) is 0 Å². The van der Waals surface area contributed by atoms with E-state index in [0.717, 1.165) is 30.2 Å². The van der Waals surface area contributed by atoms with E-state index in [1.807, 2.05) is 6.07 Å². The average Bonchev–Trinajstić information content (AvgIpc) is 2.62. The summed E-state index contributed by atoms with van der Waals surface area (Å²) < 4.78 is 5.48. The molecule has 4 nitrogen and oxygen atoms in total. The largest absolute Gasteiger partial charge is 0.507 e. The SMILES string of the molecule is O=C(c1ccccc1)c1c(O)ccc2c3c(c(=O)oc12)CCCC3. The van der Waals surface area contributed by atoms with Crippen LogP contribution >= 0.6 is 0 Å². The standard InChI is InChI=1S/C20H16O4/c21-16-11-10-14-13-8-4-5-9-15(13)20(23)24-19(14)17(16)18(22)12-6-2-1-3-7-12/h1-3,6-7,10-11,21H,4-5,8-9H2. The number of phenolic OH excluding ortho intramolecular Hbond substituents is 1. The van der Waals surface area contributed by atoms with Gasteiger partial charge < -0.3 is 9.52 Å².